The summed E-state index contributed by atoms with van der Waals surface area (Å²) in [6.07, 6.45) is 0. The summed E-state index contributed by atoms with van der Waals surface area (Å²) in [5.74, 6) is 0.186. The molecular formula is C16H14O. The number of fused-ring (bicyclic) bond motifs is 3. The second-order valence-electron chi connectivity index (χ2n) is 4.83. The minimum absolute atomic E-state index is 0.186. The smallest absolute Gasteiger partial charge is 0.194 e. The molecule has 1 nitrogen and oxygen atoms in total. The molecule has 0 radical (unpaired) electrons. The predicted octanol–water partition coefficient (Wildman–Crippen LogP) is 3.82. The fourth-order valence-electron chi connectivity index (χ4n) is 2.80. The second kappa shape index (κ2) is 3.30. The maximum absolute atomic E-state index is 12.4. The fourth-order valence-corrected chi connectivity index (χ4v) is 2.80. The lowest BCUT2D eigenvalue weighted by Crippen LogP contribution is -2.00. The molecule has 0 bridgehead atoms. The molecule has 0 aromatic heterocycles. The molecule has 0 saturated carbocycles. The Balaban J connectivity index is 2.44. The molecule has 0 heterocycles. The van der Waals surface area contributed by atoms with Crippen LogP contribution in [0.4, 0.5) is 0 Å². The van der Waals surface area contributed by atoms with Crippen LogP contribution in [0.5, 0.6) is 0 Å². The first-order valence-corrected chi connectivity index (χ1v) is 5.85. The number of hydrogen-bond donors (Lipinski definition) is 0. The summed E-state index contributed by atoms with van der Waals surface area (Å²) < 4.78 is 0. The van der Waals surface area contributed by atoms with Crippen molar-refractivity contribution in [3.63, 3.8) is 0 Å². The average molecular weight is 222 g/mol. The monoisotopic (exact) mass is 222 g/mol. The van der Waals surface area contributed by atoms with Crippen LogP contribution in [0.3, 0.4) is 0 Å². The average Bonchev–Trinajstić information content (AvgIpc) is 2.54. The molecule has 84 valence electrons. The summed E-state index contributed by atoms with van der Waals surface area (Å²) in [7, 11) is 0. The summed E-state index contributed by atoms with van der Waals surface area (Å²) in [5.41, 5.74) is 7.34. The molecule has 0 atom stereocenters. The third kappa shape index (κ3) is 1.29. The first-order valence-electron chi connectivity index (χ1n) is 5.85. The van der Waals surface area contributed by atoms with Gasteiger partial charge in [0.2, 0.25) is 0 Å². The molecule has 0 fully saturated rings. The van der Waals surface area contributed by atoms with Gasteiger partial charge < -0.3 is 0 Å². The molecule has 0 spiro atoms. The zero-order valence-electron chi connectivity index (χ0n) is 10.3. The van der Waals surface area contributed by atoms with Crippen LogP contribution < -0.4 is 0 Å². The Morgan fingerprint density at radius 2 is 1.53 bits per heavy atom. The van der Waals surface area contributed by atoms with E-state index >= 15 is 0 Å². The van der Waals surface area contributed by atoms with Crippen LogP contribution in [0, 0.1) is 20.8 Å². The molecule has 0 N–H and O–H groups in total. The summed E-state index contributed by atoms with van der Waals surface area (Å²) in [4.78, 5) is 12.4. The number of hydrogen-bond acceptors (Lipinski definition) is 1. The van der Waals surface area contributed by atoms with Gasteiger partial charge in [-0.1, -0.05) is 35.9 Å². The molecule has 2 aromatic carbocycles. The largest absolute Gasteiger partial charge is 0.289 e. The number of carbonyl (C=O) groups is 1. The van der Waals surface area contributed by atoms with Crippen LogP contribution >= 0.6 is 0 Å². The summed E-state index contributed by atoms with van der Waals surface area (Å²) >= 11 is 0. The van der Waals surface area contributed by atoms with Gasteiger partial charge in [-0.3, -0.25) is 4.79 Å². The molecule has 0 unspecified atom stereocenters. The zero-order valence-corrected chi connectivity index (χ0v) is 10.3. The van der Waals surface area contributed by atoms with E-state index in [-0.39, 0.29) is 5.78 Å². The third-order valence-electron chi connectivity index (χ3n) is 3.50. The Labute approximate surface area is 101 Å². The number of ketones is 1. The lowest BCUT2D eigenvalue weighted by molar-refractivity contribution is 0.104. The van der Waals surface area contributed by atoms with E-state index in [2.05, 4.69) is 19.1 Å². The van der Waals surface area contributed by atoms with E-state index in [1.807, 2.05) is 32.0 Å². The molecular weight excluding hydrogens is 208 g/mol. The first-order chi connectivity index (χ1) is 8.09. The van der Waals surface area contributed by atoms with Crippen LogP contribution in [0.2, 0.25) is 0 Å². The molecule has 0 amide bonds. The van der Waals surface area contributed by atoms with Gasteiger partial charge in [-0.05, 0) is 43.0 Å². The quantitative estimate of drug-likeness (QED) is 0.565. The maximum atomic E-state index is 12.4. The minimum Gasteiger partial charge on any atom is -0.289 e. The lowest BCUT2D eigenvalue weighted by Gasteiger charge is -2.04. The summed E-state index contributed by atoms with van der Waals surface area (Å²) in [5, 5.41) is 0. The molecule has 2 aromatic rings. The van der Waals surface area contributed by atoms with Crippen LogP contribution in [0.1, 0.15) is 32.6 Å². The van der Waals surface area contributed by atoms with Crippen molar-refractivity contribution in [3.05, 3.63) is 58.1 Å². The van der Waals surface area contributed by atoms with Crippen molar-refractivity contribution in [2.45, 2.75) is 20.8 Å². The Morgan fingerprint density at radius 3 is 2.29 bits per heavy atom. The van der Waals surface area contributed by atoms with Crippen molar-refractivity contribution in [1.82, 2.24) is 0 Å². The Hall–Kier alpha value is -1.89. The van der Waals surface area contributed by atoms with Crippen LogP contribution in [0.15, 0.2) is 30.3 Å². The SMILES string of the molecule is Cc1cc(C)c2c(c1)-c1cccc(C)c1C2=O. The fraction of sp³-hybridized carbons (Fsp3) is 0.188. The Morgan fingerprint density at radius 1 is 0.824 bits per heavy atom. The molecule has 17 heavy (non-hydrogen) atoms. The molecule has 1 heteroatoms. The zero-order chi connectivity index (χ0) is 12.2. The van der Waals surface area contributed by atoms with Crippen LogP contribution in [-0.2, 0) is 0 Å². The first kappa shape index (κ1) is 10.3. The van der Waals surface area contributed by atoms with Gasteiger partial charge in [-0.25, -0.2) is 0 Å². The van der Waals surface area contributed by atoms with Crippen molar-refractivity contribution >= 4 is 5.78 Å². The van der Waals surface area contributed by atoms with Gasteiger partial charge in [0.1, 0.15) is 0 Å². The lowest BCUT2D eigenvalue weighted by atomic mass is 9.99. The summed E-state index contributed by atoms with van der Waals surface area (Å²) in [6.45, 7) is 6.10. The van der Waals surface area contributed by atoms with Gasteiger partial charge in [-0.2, -0.15) is 0 Å². The van der Waals surface area contributed by atoms with E-state index < -0.39 is 0 Å². The number of aryl methyl sites for hydroxylation is 3. The highest BCUT2D eigenvalue weighted by Gasteiger charge is 2.29. The van der Waals surface area contributed by atoms with Crippen molar-refractivity contribution < 1.29 is 4.79 Å². The molecule has 1 aliphatic carbocycles. The van der Waals surface area contributed by atoms with Crippen LogP contribution in [-0.4, -0.2) is 5.78 Å². The van der Waals surface area contributed by atoms with Gasteiger partial charge in [0.15, 0.2) is 5.78 Å². The van der Waals surface area contributed by atoms with Crippen LogP contribution in [0.25, 0.3) is 11.1 Å². The molecule has 0 aliphatic heterocycles. The van der Waals surface area contributed by atoms with E-state index in [0.29, 0.717) is 0 Å². The number of rotatable bonds is 0. The third-order valence-corrected chi connectivity index (χ3v) is 3.50. The van der Waals surface area contributed by atoms with E-state index in [9.17, 15) is 4.79 Å². The Kier molecular flexibility index (Phi) is 1.99. The van der Waals surface area contributed by atoms with E-state index in [1.54, 1.807) is 0 Å². The van der Waals surface area contributed by atoms with E-state index in [1.165, 1.54) is 5.56 Å². The molecule has 1 aliphatic rings. The van der Waals surface area contributed by atoms with Crippen molar-refractivity contribution in [1.29, 1.82) is 0 Å². The highest BCUT2D eigenvalue weighted by atomic mass is 16.1. The van der Waals surface area contributed by atoms with Crippen molar-refractivity contribution in [2.24, 2.45) is 0 Å². The highest BCUT2D eigenvalue weighted by molar-refractivity contribution is 6.23. The number of benzene rings is 2. The van der Waals surface area contributed by atoms with Gasteiger partial charge in [0.25, 0.3) is 0 Å². The normalized spacial score (nSPS) is 12.5. The minimum atomic E-state index is 0.186. The summed E-state index contributed by atoms with van der Waals surface area (Å²) in [6, 6.07) is 10.3. The maximum Gasteiger partial charge on any atom is 0.194 e. The molecule has 3 rings (SSSR count). The number of carbonyl (C=O) groups excluding carboxylic acids is 1. The van der Waals surface area contributed by atoms with Gasteiger partial charge >= 0.3 is 0 Å². The standard InChI is InChI=1S/C16H14O/c1-9-7-11(3)15-13(8-9)12-6-4-5-10(2)14(12)16(15)17/h4-8H,1-3H3. The Bertz CT molecular complexity index is 651. The van der Waals surface area contributed by atoms with E-state index in [0.717, 1.165) is 33.4 Å². The van der Waals surface area contributed by atoms with E-state index in [4.69, 9.17) is 0 Å². The van der Waals surface area contributed by atoms with Gasteiger partial charge in [0, 0.05) is 11.1 Å². The van der Waals surface area contributed by atoms with Crippen molar-refractivity contribution in [3.8, 4) is 11.1 Å². The predicted molar refractivity (Wildman–Crippen MR) is 69.5 cm³/mol. The second-order valence-corrected chi connectivity index (χ2v) is 4.83. The van der Waals surface area contributed by atoms with Crippen molar-refractivity contribution in [2.75, 3.05) is 0 Å². The topological polar surface area (TPSA) is 17.1 Å². The van der Waals surface area contributed by atoms with Gasteiger partial charge in [0.05, 0.1) is 0 Å². The van der Waals surface area contributed by atoms with Gasteiger partial charge in [-0.15, -0.1) is 0 Å². The molecule has 0 saturated heterocycles. The highest BCUT2D eigenvalue weighted by Crippen LogP contribution is 2.40.